The third-order valence-electron chi connectivity index (χ3n) is 3.81. The van der Waals surface area contributed by atoms with Gasteiger partial charge in [-0.05, 0) is 31.2 Å². The summed E-state index contributed by atoms with van der Waals surface area (Å²) >= 11 is 1.90. The van der Waals surface area contributed by atoms with Crippen LogP contribution >= 0.6 is 11.8 Å². The van der Waals surface area contributed by atoms with Gasteiger partial charge in [0, 0.05) is 17.8 Å². The predicted molar refractivity (Wildman–Crippen MR) is 85.6 cm³/mol. The number of hydrogen-bond donors (Lipinski definition) is 2. The van der Waals surface area contributed by atoms with E-state index in [1.807, 2.05) is 17.8 Å². The van der Waals surface area contributed by atoms with Crippen LogP contribution in [0.1, 0.15) is 24.8 Å². The fraction of sp³-hybridized carbons (Fsp3) is 0.562. The van der Waals surface area contributed by atoms with Crippen LogP contribution in [0.5, 0.6) is 5.75 Å². The van der Waals surface area contributed by atoms with Crippen molar-refractivity contribution in [2.45, 2.75) is 36.7 Å². The van der Waals surface area contributed by atoms with E-state index < -0.39 is 6.10 Å². The summed E-state index contributed by atoms with van der Waals surface area (Å²) in [6.07, 6.45) is 5.26. The molecule has 114 valence electrons. The van der Waals surface area contributed by atoms with E-state index in [4.69, 9.17) is 10.00 Å². The van der Waals surface area contributed by atoms with Crippen LogP contribution in [0.15, 0.2) is 24.3 Å². The molecule has 3 atom stereocenters. The molecule has 0 spiro atoms. The molecule has 0 aliphatic heterocycles. The molecule has 0 bridgehead atoms. The van der Waals surface area contributed by atoms with Crippen molar-refractivity contribution < 1.29 is 9.84 Å². The molecule has 3 unspecified atom stereocenters. The van der Waals surface area contributed by atoms with Gasteiger partial charge in [-0.2, -0.15) is 17.0 Å². The van der Waals surface area contributed by atoms with E-state index in [1.54, 1.807) is 18.2 Å². The molecule has 0 radical (unpaired) electrons. The zero-order valence-electron chi connectivity index (χ0n) is 12.3. The minimum atomic E-state index is -0.570. The third-order valence-corrected chi connectivity index (χ3v) is 4.98. The smallest absolute Gasteiger partial charge is 0.137 e. The molecule has 0 heterocycles. The average molecular weight is 306 g/mol. The highest BCUT2D eigenvalue weighted by Gasteiger charge is 2.26. The number of nitriles is 1. The first-order valence-corrected chi connectivity index (χ1v) is 8.59. The quantitative estimate of drug-likeness (QED) is 0.808. The summed E-state index contributed by atoms with van der Waals surface area (Å²) in [6.45, 7) is 0.721. The second-order valence-electron chi connectivity index (χ2n) is 5.29. The topological polar surface area (TPSA) is 65.3 Å². The van der Waals surface area contributed by atoms with Crippen LogP contribution in [0.2, 0.25) is 0 Å². The maximum absolute atomic E-state index is 10.0. The molecule has 1 aliphatic carbocycles. The van der Waals surface area contributed by atoms with Crippen molar-refractivity contribution >= 4 is 11.8 Å². The van der Waals surface area contributed by atoms with Crippen LogP contribution < -0.4 is 10.1 Å². The molecule has 1 aromatic carbocycles. The molecule has 2 rings (SSSR count). The Bertz CT molecular complexity index is 489. The number of nitrogens with one attached hydrogen (secondary N) is 1. The first-order valence-electron chi connectivity index (χ1n) is 7.30. The van der Waals surface area contributed by atoms with Gasteiger partial charge >= 0.3 is 0 Å². The molecular formula is C16H22N2O2S. The number of ether oxygens (including phenoxy) is 1. The van der Waals surface area contributed by atoms with Crippen LogP contribution in [0.3, 0.4) is 0 Å². The summed E-state index contributed by atoms with van der Waals surface area (Å²) in [7, 11) is 0. The van der Waals surface area contributed by atoms with Gasteiger partial charge in [0.05, 0.1) is 5.56 Å². The summed E-state index contributed by atoms with van der Waals surface area (Å²) in [6, 6.07) is 9.65. The van der Waals surface area contributed by atoms with Gasteiger partial charge in [-0.15, -0.1) is 0 Å². The number of aliphatic hydroxyl groups is 1. The van der Waals surface area contributed by atoms with Crippen LogP contribution in [0.25, 0.3) is 0 Å². The fourth-order valence-electron chi connectivity index (χ4n) is 2.66. The van der Waals surface area contributed by atoms with Crippen molar-refractivity contribution in [3.8, 4) is 11.8 Å². The van der Waals surface area contributed by atoms with Crippen molar-refractivity contribution in [1.29, 1.82) is 5.26 Å². The highest BCUT2D eigenvalue weighted by Crippen LogP contribution is 2.28. The molecule has 4 nitrogen and oxygen atoms in total. The van der Waals surface area contributed by atoms with Gasteiger partial charge < -0.3 is 15.2 Å². The number of rotatable bonds is 7. The van der Waals surface area contributed by atoms with Gasteiger partial charge in [-0.1, -0.05) is 18.6 Å². The Morgan fingerprint density at radius 2 is 2.29 bits per heavy atom. The number of hydrogen-bond acceptors (Lipinski definition) is 5. The molecule has 2 N–H and O–H groups in total. The van der Waals surface area contributed by atoms with E-state index in [9.17, 15) is 5.11 Å². The minimum absolute atomic E-state index is 0.197. The lowest BCUT2D eigenvalue weighted by molar-refractivity contribution is 0.104. The number of para-hydroxylation sites is 1. The Kier molecular flexibility index (Phi) is 6.37. The van der Waals surface area contributed by atoms with Crippen LogP contribution in [0.4, 0.5) is 0 Å². The molecule has 1 saturated carbocycles. The zero-order valence-corrected chi connectivity index (χ0v) is 13.1. The number of thioether (sulfide) groups is 1. The Morgan fingerprint density at radius 3 is 3.05 bits per heavy atom. The highest BCUT2D eigenvalue weighted by atomic mass is 32.2. The monoisotopic (exact) mass is 306 g/mol. The van der Waals surface area contributed by atoms with Crippen molar-refractivity contribution in [3.63, 3.8) is 0 Å². The van der Waals surface area contributed by atoms with E-state index in [2.05, 4.69) is 17.6 Å². The lowest BCUT2D eigenvalue weighted by atomic mass is 10.2. The van der Waals surface area contributed by atoms with Crippen LogP contribution in [-0.4, -0.2) is 41.9 Å². The van der Waals surface area contributed by atoms with Crippen molar-refractivity contribution in [1.82, 2.24) is 5.32 Å². The van der Waals surface area contributed by atoms with Gasteiger partial charge in [0.2, 0.25) is 0 Å². The number of aliphatic hydroxyl groups excluding tert-OH is 1. The number of nitrogens with zero attached hydrogens (tertiary/aromatic N) is 1. The SMILES string of the molecule is CSC1CCCC1NCC(O)COc1ccccc1C#N. The Morgan fingerprint density at radius 1 is 1.48 bits per heavy atom. The Labute approximate surface area is 130 Å². The van der Waals surface area contributed by atoms with E-state index in [0.717, 1.165) is 0 Å². The zero-order chi connectivity index (χ0) is 15.1. The van der Waals surface area contributed by atoms with Gasteiger partial charge in [0.15, 0.2) is 0 Å². The maximum Gasteiger partial charge on any atom is 0.137 e. The summed E-state index contributed by atoms with van der Waals surface area (Å²) in [4.78, 5) is 0. The maximum atomic E-state index is 10.0. The van der Waals surface area contributed by atoms with Gasteiger partial charge in [0.1, 0.15) is 24.5 Å². The molecule has 0 saturated heterocycles. The standard InChI is InChI=1S/C16H22N2O2S/c1-21-16-8-4-6-14(16)18-10-13(19)11-20-15-7-3-2-5-12(15)9-17/h2-3,5,7,13-14,16,18-19H,4,6,8,10-11H2,1H3. The molecule has 5 heteroatoms. The van der Waals surface area contributed by atoms with Crippen LogP contribution in [0, 0.1) is 11.3 Å². The first-order chi connectivity index (χ1) is 10.2. The number of benzene rings is 1. The third kappa shape index (κ3) is 4.63. The van der Waals surface area contributed by atoms with Crippen molar-refractivity contribution in [2.24, 2.45) is 0 Å². The predicted octanol–water partition coefficient (Wildman–Crippen LogP) is 2.17. The second-order valence-corrected chi connectivity index (χ2v) is 6.37. The summed E-state index contributed by atoms with van der Waals surface area (Å²) < 4.78 is 5.54. The fourth-order valence-corrected chi connectivity index (χ4v) is 3.62. The summed E-state index contributed by atoms with van der Waals surface area (Å²) in [5.74, 6) is 0.530. The van der Waals surface area contributed by atoms with E-state index >= 15 is 0 Å². The molecule has 21 heavy (non-hydrogen) atoms. The van der Waals surface area contributed by atoms with Crippen molar-refractivity contribution in [2.75, 3.05) is 19.4 Å². The Hall–Kier alpha value is -1.22. The minimum Gasteiger partial charge on any atom is -0.489 e. The van der Waals surface area contributed by atoms with Crippen LogP contribution in [-0.2, 0) is 0 Å². The summed E-state index contributed by atoms with van der Waals surface area (Å²) in [5.41, 5.74) is 0.496. The van der Waals surface area contributed by atoms with Gasteiger partial charge in [-0.25, -0.2) is 0 Å². The highest BCUT2D eigenvalue weighted by molar-refractivity contribution is 7.99. The second kappa shape index (κ2) is 8.28. The lowest BCUT2D eigenvalue weighted by Gasteiger charge is -2.21. The van der Waals surface area contributed by atoms with Gasteiger partial charge in [-0.3, -0.25) is 0 Å². The van der Waals surface area contributed by atoms with E-state index in [0.29, 0.717) is 29.1 Å². The normalized spacial score (nSPS) is 22.7. The molecule has 0 amide bonds. The average Bonchev–Trinajstić information content (AvgIpc) is 2.98. The first kappa shape index (κ1) is 16.2. The molecule has 0 aromatic heterocycles. The lowest BCUT2D eigenvalue weighted by Crippen LogP contribution is -2.40. The van der Waals surface area contributed by atoms with E-state index in [-0.39, 0.29) is 6.61 Å². The van der Waals surface area contributed by atoms with E-state index in [1.165, 1.54) is 19.3 Å². The Balaban J connectivity index is 1.75. The summed E-state index contributed by atoms with van der Waals surface area (Å²) in [5, 5.41) is 23.1. The largest absolute Gasteiger partial charge is 0.489 e. The molecule has 1 fully saturated rings. The molecule has 1 aromatic rings. The molecular weight excluding hydrogens is 284 g/mol. The van der Waals surface area contributed by atoms with Crippen molar-refractivity contribution in [3.05, 3.63) is 29.8 Å². The van der Waals surface area contributed by atoms with Gasteiger partial charge in [0.25, 0.3) is 0 Å². The molecule has 1 aliphatic rings.